The first-order chi connectivity index (χ1) is 9.95. The van der Waals surface area contributed by atoms with Crippen molar-refractivity contribution in [3.63, 3.8) is 0 Å². The van der Waals surface area contributed by atoms with Gasteiger partial charge in [-0.15, -0.1) is 11.8 Å². The van der Waals surface area contributed by atoms with E-state index in [9.17, 15) is 4.79 Å². The van der Waals surface area contributed by atoms with E-state index < -0.39 is 0 Å². The summed E-state index contributed by atoms with van der Waals surface area (Å²) in [7, 11) is 0. The van der Waals surface area contributed by atoms with Gasteiger partial charge in [-0.05, 0) is 38.5 Å². The maximum absolute atomic E-state index is 12.4. The maximum atomic E-state index is 12.4. The lowest BCUT2D eigenvalue weighted by molar-refractivity contribution is 0.0994. The predicted octanol–water partition coefficient (Wildman–Crippen LogP) is 5.46. The van der Waals surface area contributed by atoms with Crippen LogP contribution in [-0.4, -0.2) is 11.0 Å². The van der Waals surface area contributed by atoms with Crippen molar-refractivity contribution in [2.24, 2.45) is 0 Å². The van der Waals surface area contributed by atoms with E-state index in [1.54, 1.807) is 23.9 Å². The van der Waals surface area contributed by atoms with Crippen LogP contribution in [0.5, 0.6) is 0 Å². The Morgan fingerprint density at radius 2 is 1.81 bits per heavy atom. The molecule has 3 heteroatoms. The summed E-state index contributed by atoms with van der Waals surface area (Å²) in [4.78, 5) is 12.4. The highest BCUT2D eigenvalue weighted by Crippen LogP contribution is 2.23. The van der Waals surface area contributed by atoms with Crippen LogP contribution >= 0.6 is 23.4 Å². The number of halogens is 1. The normalized spacial score (nSPS) is 12.2. The first-order valence-corrected chi connectivity index (χ1v) is 8.37. The summed E-state index contributed by atoms with van der Waals surface area (Å²) in [5, 5.41) is 0.525. The number of carbonyl (C=O) groups excluding carboxylic acids is 1. The molecule has 0 amide bonds. The van der Waals surface area contributed by atoms with E-state index in [-0.39, 0.29) is 11.0 Å². The van der Waals surface area contributed by atoms with Gasteiger partial charge < -0.3 is 0 Å². The Bertz CT molecular complexity index is 631. The van der Waals surface area contributed by atoms with Crippen molar-refractivity contribution in [1.82, 2.24) is 0 Å². The molecule has 21 heavy (non-hydrogen) atoms. The standard InChI is InChI=1S/C18H19ClOS/c1-12-7-13(2)9-15(8-12)11-21-14(3)18(20)16-5-4-6-17(19)10-16/h4-10,14H,11H2,1-3H3. The molecule has 0 aliphatic heterocycles. The second-order valence-electron chi connectivity index (χ2n) is 5.32. The van der Waals surface area contributed by atoms with Crippen molar-refractivity contribution in [3.05, 3.63) is 69.7 Å². The third-order valence-electron chi connectivity index (χ3n) is 3.26. The number of hydrogen-bond acceptors (Lipinski definition) is 2. The third-order valence-corrected chi connectivity index (χ3v) is 4.71. The molecule has 2 aromatic carbocycles. The highest BCUT2D eigenvalue weighted by molar-refractivity contribution is 7.99. The quantitative estimate of drug-likeness (QED) is 0.681. The smallest absolute Gasteiger partial charge is 0.175 e. The number of benzene rings is 2. The molecule has 1 nitrogen and oxygen atoms in total. The van der Waals surface area contributed by atoms with Gasteiger partial charge in [-0.25, -0.2) is 0 Å². The van der Waals surface area contributed by atoms with E-state index in [2.05, 4.69) is 32.0 Å². The zero-order valence-electron chi connectivity index (χ0n) is 12.5. The van der Waals surface area contributed by atoms with Crippen molar-refractivity contribution in [2.45, 2.75) is 31.8 Å². The molecule has 0 heterocycles. The van der Waals surface area contributed by atoms with Crippen LogP contribution in [0.25, 0.3) is 0 Å². The van der Waals surface area contributed by atoms with Crippen LogP contribution in [0.15, 0.2) is 42.5 Å². The molecule has 1 unspecified atom stereocenters. The number of aryl methyl sites for hydroxylation is 2. The zero-order valence-corrected chi connectivity index (χ0v) is 14.1. The Labute approximate surface area is 135 Å². The summed E-state index contributed by atoms with van der Waals surface area (Å²) in [5.41, 5.74) is 4.48. The summed E-state index contributed by atoms with van der Waals surface area (Å²) < 4.78 is 0. The minimum Gasteiger partial charge on any atom is -0.293 e. The van der Waals surface area contributed by atoms with E-state index >= 15 is 0 Å². The van der Waals surface area contributed by atoms with Gasteiger partial charge >= 0.3 is 0 Å². The highest BCUT2D eigenvalue weighted by atomic mass is 35.5. The molecule has 0 fully saturated rings. The van der Waals surface area contributed by atoms with E-state index in [0.717, 1.165) is 5.75 Å². The fraction of sp³-hybridized carbons (Fsp3) is 0.278. The SMILES string of the molecule is Cc1cc(C)cc(CSC(C)C(=O)c2cccc(Cl)c2)c1. The Balaban J connectivity index is 2.01. The fourth-order valence-electron chi connectivity index (χ4n) is 2.33. The van der Waals surface area contributed by atoms with Gasteiger partial charge in [0.2, 0.25) is 0 Å². The summed E-state index contributed by atoms with van der Waals surface area (Å²) in [5.74, 6) is 0.975. The van der Waals surface area contributed by atoms with Gasteiger partial charge in [0.05, 0.1) is 5.25 Å². The lowest BCUT2D eigenvalue weighted by atomic mass is 10.1. The minimum absolute atomic E-state index is 0.0794. The molecule has 0 spiro atoms. The van der Waals surface area contributed by atoms with E-state index in [4.69, 9.17) is 11.6 Å². The molecule has 0 saturated heterocycles. The second kappa shape index (κ2) is 7.15. The van der Waals surface area contributed by atoms with E-state index in [1.807, 2.05) is 19.1 Å². The van der Waals surface area contributed by atoms with Gasteiger partial charge in [-0.2, -0.15) is 0 Å². The number of ketones is 1. The van der Waals surface area contributed by atoms with Crippen LogP contribution in [-0.2, 0) is 5.75 Å². The van der Waals surface area contributed by atoms with Crippen LogP contribution in [0.4, 0.5) is 0 Å². The summed E-state index contributed by atoms with van der Waals surface area (Å²) >= 11 is 7.61. The Morgan fingerprint density at radius 1 is 1.14 bits per heavy atom. The lowest BCUT2D eigenvalue weighted by Gasteiger charge is -2.11. The molecule has 0 aromatic heterocycles. The average Bonchev–Trinajstić information content (AvgIpc) is 2.43. The van der Waals surface area contributed by atoms with Gasteiger partial charge in [0.25, 0.3) is 0 Å². The second-order valence-corrected chi connectivity index (χ2v) is 7.09. The first-order valence-electron chi connectivity index (χ1n) is 6.94. The number of carbonyl (C=O) groups is 1. The van der Waals surface area contributed by atoms with E-state index in [1.165, 1.54) is 16.7 Å². The molecule has 2 aromatic rings. The van der Waals surface area contributed by atoms with Crippen LogP contribution in [0.1, 0.15) is 34.0 Å². The van der Waals surface area contributed by atoms with Gasteiger partial charge in [-0.1, -0.05) is 53.1 Å². The monoisotopic (exact) mass is 318 g/mol. The Kier molecular flexibility index (Phi) is 5.49. The molecule has 110 valence electrons. The summed E-state index contributed by atoms with van der Waals surface area (Å²) in [6, 6.07) is 13.7. The van der Waals surface area contributed by atoms with Crippen LogP contribution < -0.4 is 0 Å². The van der Waals surface area contributed by atoms with Crippen LogP contribution in [0, 0.1) is 13.8 Å². The minimum atomic E-state index is -0.0794. The number of hydrogen-bond donors (Lipinski definition) is 0. The van der Waals surface area contributed by atoms with E-state index in [0.29, 0.717) is 10.6 Å². The molecule has 0 saturated carbocycles. The highest BCUT2D eigenvalue weighted by Gasteiger charge is 2.16. The summed E-state index contributed by atoms with van der Waals surface area (Å²) in [6.45, 7) is 6.15. The van der Waals surface area contributed by atoms with Crippen molar-refractivity contribution in [1.29, 1.82) is 0 Å². The van der Waals surface area contributed by atoms with Crippen molar-refractivity contribution < 1.29 is 4.79 Å². The topological polar surface area (TPSA) is 17.1 Å². The first kappa shape index (κ1) is 16.1. The molecule has 0 bridgehead atoms. The Hall–Kier alpha value is -1.25. The third kappa shape index (κ3) is 4.62. The largest absolute Gasteiger partial charge is 0.293 e. The molecular weight excluding hydrogens is 300 g/mol. The number of rotatable bonds is 5. The summed E-state index contributed by atoms with van der Waals surface area (Å²) in [6.07, 6.45) is 0. The molecule has 0 aliphatic carbocycles. The van der Waals surface area contributed by atoms with Crippen molar-refractivity contribution in [3.8, 4) is 0 Å². The van der Waals surface area contributed by atoms with Gasteiger partial charge in [0, 0.05) is 16.3 Å². The lowest BCUT2D eigenvalue weighted by Crippen LogP contribution is -2.13. The van der Waals surface area contributed by atoms with Gasteiger partial charge in [-0.3, -0.25) is 4.79 Å². The molecule has 0 aliphatic rings. The zero-order chi connectivity index (χ0) is 15.4. The fourth-order valence-corrected chi connectivity index (χ4v) is 3.41. The maximum Gasteiger partial charge on any atom is 0.175 e. The predicted molar refractivity (Wildman–Crippen MR) is 92.5 cm³/mol. The average molecular weight is 319 g/mol. The van der Waals surface area contributed by atoms with Crippen molar-refractivity contribution >= 4 is 29.1 Å². The molecule has 0 radical (unpaired) electrons. The molecular formula is C18H19ClOS. The van der Waals surface area contributed by atoms with Crippen LogP contribution in [0.2, 0.25) is 5.02 Å². The van der Waals surface area contributed by atoms with Crippen molar-refractivity contribution in [2.75, 3.05) is 0 Å². The molecule has 1 atom stereocenters. The van der Waals surface area contributed by atoms with Gasteiger partial charge in [0.15, 0.2) is 5.78 Å². The Morgan fingerprint density at radius 3 is 2.43 bits per heavy atom. The van der Waals surface area contributed by atoms with Crippen LogP contribution in [0.3, 0.4) is 0 Å². The number of Topliss-reactive ketones (excluding diaryl/α,β-unsaturated/α-hetero) is 1. The molecule has 0 N–H and O–H groups in total. The molecule has 2 rings (SSSR count). The van der Waals surface area contributed by atoms with Gasteiger partial charge in [0.1, 0.15) is 0 Å². The number of thioether (sulfide) groups is 1.